The maximum atomic E-state index is 10.8. The first-order chi connectivity index (χ1) is 4.74. The molecular formula is C7H12N2O. The Morgan fingerprint density at radius 1 is 1.80 bits per heavy atom. The molecule has 1 amide bonds. The average Bonchev–Trinajstić information content (AvgIpc) is 1.94. The molecule has 1 aliphatic heterocycles. The highest BCUT2D eigenvalue weighted by Crippen LogP contribution is 1.97. The number of amides is 1. The van der Waals surface area contributed by atoms with Gasteiger partial charge in [-0.3, -0.25) is 4.79 Å². The molecule has 1 saturated heterocycles. The third-order valence-corrected chi connectivity index (χ3v) is 1.70. The fourth-order valence-corrected chi connectivity index (χ4v) is 1.01. The summed E-state index contributed by atoms with van der Waals surface area (Å²) in [5.41, 5.74) is 0. The van der Waals surface area contributed by atoms with Gasteiger partial charge in [-0.25, -0.2) is 0 Å². The molecule has 0 aromatic carbocycles. The molecule has 0 aromatic heterocycles. The predicted molar refractivity (Wildman–Crippen MR) is 39.6 cm³/mol. The number of hydrogen-bond donors (Lipinski definition) is 2. The molecule has 2 unspecified atom stereocenters. The second-order valence-corrected chi connectivity index (χ2v) is 2.50. The Labute approximate surface area is 60.5 Å². The minimum absolute atomic E-state index is 0.0444. The van der Waals surface area contributed by atoms with Crippen molar-refractivity contribution in [3.05, 3.63) is 12.7 Å². The van der Waals surface area contributed by atoms with Gasteiger partial charge < -0.3 is 10.6 Å². The van der Waals surface area contributed by atoms with Gasteiger partial charge in [0, 0.05) is 6.04 Å². The molecule has 3 nitrogen and oxygen atoms in total. The largest absolute Gasteiger partial charge is 0.347 e. The van der Waals surface area contributed by atoms with E-state index < -0.39 is 0 Å². The molecule has 10 heavy (non-hydrogen) atoms. The third-order valence-electron chi connectivity index (χ3n) is 1.70. The highest BCUT2D eigenvalue weighted by atomic mass is 16.2. The number of hydrogen-bond acceptors (Lipinski definition) is 2. The van der Waals surface area contributed by atoms with Gasteiger partial charge in [-0.05, 0) is 6.92 Å². The van der Waals surface area contributed by atoms with Crippen LogP contribution in [0.15, 0.2) is 12.7 Å². The van der Waals surface area contributed by atoms with Gasteiger partial charge in [-0.15, -0.1) is 6.58 Å². The van der Waals surface area contributed by atoms with Crippen molar-refractivity contribution >= 4 is 5.91 Å². The Morgan fingerprint density at radius 3 is 3.00 bits per heavy atom. The van der Waals surface area contributed by atoms with Crippen molar-refractivity contribution in [1.82, 2.24) is 10.6 Å². The fraction of sp³-hybridized carbons (Fsp3) is 0.571. The van der Waals surface area contributed by atoms with Crippen LogP contribution < -0.4 is 10.6 Å². The van der Waals surface area contributed by atoms with Crippen LogP contribution in [0.25, 0.3) is 0 Å². The smallest absolute Gasteiger partial charge is 0.234 e. The summed E-state index contributed by atoms with van der Waals surface area (Å²) in [6, 6.07) is 0.386. The van der Waals surface area contributed by atoms with Crippen LogP contribution in [-0.2, 0) is 4.79 Å². The lowest BCUT2D eigenvalue weighted by molar-refractivity contribution is -0.122. The van der Waals surface area contributed by atoms with Crippen LogP contribution >= 0.6 is 0 Å². The summed E-state index contributed by atoms with van der Waals surface area (Å²) in [5, 5.41) is 5.85. The number of carbonyl (C=O) groups excluding carboxylic acids is 1. The van der Waals surface area contributed by atoms with Gasteiger partial charge in [0.2, 0.25) is 5.91 Å². The van der Waals surface area contributed by atoms with Crippen LogP contribution in [0, 0.1) is 0 Å². The van der Waals surface area contributed by atoms with Crippen molar-refractivity contribution in [2.45, 2.75) is 19.0 Å². The Balaban J connectivity index is 2.53. The quantitative estimate of drug-likeness (QED) is 0.489. The summed E-state index contributed by atoms with van der Waals surface area (Å²) in [7, 11) is 0. The molecule has 3 heteroatoms. The number of piperazine rings is 1. The van der Waals surface area contributed by atoms with E-state index in [1.54, 1.807) is 6.08 Å². The standard InChI is InChI=1S/C7H12N2O/c1-3-6-5(2)8-4-7(10)9-6/h3,5-6,8H,1,4H2,2H3,(H,9,10). The van der Waals surface area contributed by atoms with Crippen LogP contribution in [0.3, 0.4) is 0 Å². The summed E-state index contributed by atoms with van der Waals surface area (Å²) in [6.07, 6.45) is 1.74. The zero-order valence-electron chi connectivity index (χ0n) is 6.05. The lowest BCUT2D eigenvalue weighted by Crippen LogP contribution is -2.56. The molecule has 2 atom stereocenters. The third kappa shape index (κ3) is 1.36. The second kappa shape index (κ2) is 2.84. The SMILES string of the molecule is C=CC1NC(=O)CNC1C. The first-order valence-corrected chi connectivity index (χ1v) is 3.39. The van der Waals surface area contributed by atoms with Gasteiger partial charge in [0.05, 0.1) is 12.6 Å². The zero-order chi connectivity index (χ0) is 7.56. The maximum absolute atomic E-state index is 10.8. The summed E-state index contributed by atoms with van der Waals surface area (Å²) < 4.78 is 0. The van der Waals surface area contributed by atoms with E-state index in [-0.39, 0.29) is 11.9 Å². The summed E-state index contributed by atoms with van der Waals surface area (Å²) in [6.45, 7) is 6.06. The minimum Gasteiger partial charge on any atom is -0.347 e. The fourth-order valence-electron chi connectivity index (χ4n) is 1.01. The van der Waals surface area contributed by atoms with Crippen molar-refractivity contribution in [3.8, 4) is 0 Å². The van der Waals surface area contributed by atoms with Crippen molar-refractivity contribution in [3.63, 3.8) is 0 Å². The number of rotatable bonds is 1. The van der Waals surface area contributed by atoms with Crippen LogP contribution in [0.2, 0.25) is 0 Å². The lowest BCUT2D eigenvalue weighted by Gasteiger charge is -2.28. The van der Waals surface area contributed by atoms with Crippen LogP contribution in [-0.4, -0.2) is 24.5 Å². The molecule has 2 N–H and O–H groups in total. The normalized spacial score (nSPS) is 33.1. The van der Waals surface area contributed by atoms with E-state index in [1.807, 2.05) is 6.92 Å². The first kappa shape index (κ1) is 7.28. The van der Waals surface area contributed by atoms with Crippen molar-refractivity contribution in [2.75, 3.05) is 6.54 Å². The zero-order valence-corrected chi connectivity index (χ0v) is 6.05. The Bertz CT molecular complexity index is 156. The van der Waals surface area contributed by atoms with E-state index in [2.05, 4.69) is 17.2 Å². The maximum Gasteiger partial charge on any atom is 0.234 e. The first-order valence-electron chi connectivity index (χ1n) is 3.39. The van der Waals surface area contributed by atoms with E-state index in [1.165, 1.54) is 0 Å². The molecule has 1 heterocycles. The predicted octanol–water partition coefficient (Wildman–Crippen LogP) is -0.351. The minimum atomic E-state index is 0.0444. The summed E-state index contributed by atoms with van der Waals surface area (Å²) in [4.78, 5) is 10.8. The van der Waals surface area contributed by atoms with Gasteiger partial charge in [0.1, 0.15) is 0 Å². The van der Waals surface area contributed by atoms with Gasteiger partial charge in [-0.2, -0.15) is 0 Å². The van der Waals surface area contributed by atoms with E-state index in [9.17, 15) is 4.79 Å². The molecular weight excluding hydrogens is 128 g/mol. The Kier molecular flexibility index (Phi) is 2.06. The molecule has 1 rings (SSSR count). The van der Waals surface area contributed by atoms with Crippen LogP contribution in [0.5, 0.6) is 0 Å². The summed E-state index contributed by atoms with van der Waals surface area (Å²) >= 11 is 0. The highest BCUT2D eigenvalue weighted by Gasteiger charge is 2.21. The molecule has 1 aliphatic rings. The summed E-state index contributed by atoms with van der Waals surface area (Å²) in [5.74, 6) is 0.0444. The molecule has 0 aromatic rings. The van der Waals surface area contributed by atoms with Crippen molar-refractivity contribution in [2.24, 2.45) is 0 Å². The molecule has 0 aliphatic carbocycles. The molecule has 0 spiro atoms. The van der Waals surface area contributed by atoms with Gasteiger partial charge >= 0.3 is 0 Å². The van der Waals surface area contributed by atoms with Crippen LogP contribution in [0.4, 0.5) is 0 Å². The number of carbonyl (C=O) groups is 1. The van der Waals surface area contributed by atoms with Crippen molar-refractivity contribution in [1.29, 1.82) is 0 Å². The Morgan fingerprint density at radius 2 is 2.50 bits per heavy atom. The Hall–Kier alpha value is -0.830. The second-order valence-electron chi connectivity index (χ2n) is 2.50. The van der Waals surface area contributed by atoms with E-state index >= 15 is 0 Å². The van der Waals surface area contributed by atoms with E-state index in [0.717, 1.165) is 0 Å². The lowest BCUT2D eigenvalue weighted by atomic mass is 10.1. The monoisotopic (exact) mass is 140 g/mol. The number of nitrogens with one attached hydrogen (secondary N) is 2. The van der Waals surface area contributed by atoms with Crippen molar-refractivity contribution < 1.29 is 4.79 Å². The molecule has 0 bridgehead atoms. The average molecular weight is 140 g/mol. The molecule has 0 saturated carbocycles. The highest BCUT2D eigenvalue weighted by molar-refractivity contribution is 5.79. The topological polar surface area (TPSA) is 41.1 Å². The molecule has 1 fully saturated rings. The van der Waals surface area contributed by atoms with E-state index in [4.69, 9.17) is 0 Å². The van der Waals surface area contributed by atoms with Gasteiger partial charge in [0.25, 0.3) is 0 Å². The van der Waals surface area contributed by atoms with Crippen LogP contribution in [0.1, 0.15) is 6.92 Å². The van der Waals surface area contributed by atoms with Gasteiger partial charge in [-0.1, -0.05) is 6.08 Å². The molecule has 0 radical (unpaired) electrons. The van der Waals surface area contributed by atoms with E-state index in [0.29, 0.717) is 12.6 Å². The molecule has 56 valence electrons. The van der Waals surface area contributed by atoms with Gasteiger partial charge in [0.15, 0.2) is 0 Å².